The summed E-state index contributed by atoms with van der Waals surface area (Å²) in [6, 6.07) is 78.3. The lowest BCUT2D eigenvalue weighted by Gasteiger charge is -2.23. The second kappa shape index (κ2) is 16.5. The summed E-state index contributed by atoms with van der Waals surface area (Å²) in [7, 11) is 0. The number of benzene rings is 9. The van der Waals surface area contributed by atoms with Crippen molar-refractivity contribution in [2.75, 3.05) is 0 Å². The lowest BCUT2D eigenvalue weighted by Crippen LogP contribution is -2.36. The highest BCUT2D eigenvalue weighted by atomic mass is 32.1. The van der Waals surface area contributed by atoms with E-state index in [4.69, 9.17) is 24.9 Å². The number of hydrogen-bond donors (Lipinski definition) is 1. The van der Waals surface area contributed by atoms with Gasteiger partial charge in [-0.25, -0.2) is 24.9 Å². The summed E-state index contributed by atoms with van der Waals surface area (Å²) in [6.45, 7) is 0. The van der Waals surface area contributed by atoms with E-state index in [-0.39, 0.29) is 0 Å². The Labute approximate surface area is 396 Å². The maximum absolute atomic E-state index is 5.27. The molecule has 0 saturated carbocycles. The van der Waals surface area contributed by atoms with Crippen LogP contribution in [0.1, 0.15) is 22.9 Å². The van der Waals surface area contributed by atoms with Crippen molar-refractivity contribution in [1.82, 2.24) is 24.8 Å². The monoisotopic (exact) mass is 889 g/mol. The van der Waals surface area contributed by atoms with Gasteiger partial charge in [-0.1, -0.05) is 176 Å². The molecule has 0 fully saturated rings. The highest BCUT2D eigenvalue weighted by molar-refractivity contribution is 7.25. The molecule has 0 radical (unpaired) electrons. The summed E-state index contributed by atoms with van der Waals surface area (Å²) in [4.78, 5) is 25.6. The van der Waals surface area contributed by atoms with Crippen molar-refractivity contribution in [2.45, 2.75) is 6.17 Å². The van der Waals surface area contributed by atoms with E-state index in [0.717, 1.165) is 72.9 Å². The zero-order chi connectivity index (χ0) is 45.0. The highest BCUT2D eigenvalue weighted by Crippen LogP contribution is 2.43. The van der Waals surface area contributed by atoms with E-state index in [2.05, 4.69) is 137 Å². The van der Waals surface area contributed by atoms with Gasteiger partial charge >= 0.3 is 0 Å². The van der Waals surface area contributed by atoms with Gasteiger partial charge in [0.25, 0.3) is 0 Å². The van der Waals surface area contributed by atoms with Gasteiger partial charge in [0.05, 0.1) is 11.0 Å². The number of fused-ring (bicyclic) bond motifs is 6. The van der Waals surface area contributed by atoms with Crippen LogP contribution in [0.25, 0.3) is 93.0 Å². The van der Waals surface area contributed by atoms with Gasteiger partial charge in [0.15, 0.2) is 23.6 Å². The maximum Gasteiger partial charge on any atom is 0.170 e. The molecule has 1 N–H and O–H groups in total. The zero-order valence-electron chi connectivity index (χ0n) is 36.5. The van der Waals surface area contributed by atoms with Crippen molar-refractivity contribution in [3.8, 4) is 51.0 Å². The van der Waals surface area contributed by atoms with E-state index < -0.39 is 6.17 Å². The summed E-state index contributed by atoms with van der Waals surface area (Å²) in [5, 5.41) is 8.31. The molecule has 4 heterocycles. The fraction of sp³-hybridized carbons (Fsp3) is 0.0167. The predicted octanol–water partition coefficient (Wildman–Crippen LogP) is 14.5. The summed E-state index contributed by atoms with van der Waals surface area (Å²) < 4.78 is 4.80. The van der Waals surface area contributed by atoms with Gasteiger partial charge in [-0.3, -0.25) is 0 Å². The second-order valence-corrected chi connectivity index (χ2v) is 18.0. The van der Waals surface area contributed by atoms with Crippen LogP contribution in [-0.4, -0.2) is 31.2 Å². The lowest BCUT2D eigenvalue weighted by molar-refractivity contribution is 0.763. The van der Waals surface area contributed by atoms with Crippen molar-refractivity contribution in [3.63, 3.8) is 0 Å². The summed E-state index contributed by atoms with van der Waals surface area (Å²) in [6.07, 6.45) is -0.435. The first kappa shape index (κ1) is 39.5. The van der Waals surface area contributed by atoms with Crippen LogP contribution >= 0.6 is 11.3 Å². The molecule has 9 aromatic carbocycles. The lowest BCUT2D eigenvalue weighted by atomic mass is 9.98. The molecule has 3 aromatic heterocycles. The van der Waals surface area contributed by atoms with Crippen LogP contribution in [0.3, 0.4) is 0 Å². The second-order valence-electron chi connectivity index (χ2n) is 16.9. The molecule has 0 bridgehead atoms. The molecule has 0 amide bonds. The first-order valence-electron chi connectivity index (χ1n) is 22.7. The number of aliphatic imine (C=N–C) groups is 2. The van der Waals surface area contributed by atoms with Crippen LogP contribution in [0, 0.1) is 0 Å². The van der Waals surface area contributed by atoms with Crippen LogP contribution in [0.15, 0.2) is 234 Å². The van der Waals surface area contributed by atoms with Crippen molar-refractivity contribution in [1.29, 1.82) is 0 Å². The summed E-state index contributed by atoms with van der Waals surface area (Å²) in [5.74, 6) is 3.50. The fourth-order valence-corrected chi connectivity index (χ4v) is 10.6. The number of aromatic nitrogens is 4. The van der Waals surface area contributed by atoms with Crippen molar-refractivity contribution < 1.29 is 0 Å². The Morgan fingerprint density at radius 3 is 1.53 bits per heavy atom. The van der Waals surface area contributed by atoms with Crippen LogP contribution in [0.5, 0.6) is 0 Å². The highest BCUT2D eigenvalue weighted by Gasteiger charge is 2.24. The Hall–Kier alpha value is -8.85. The van der Waals surface area contributed by atoms with Gasteiger partial charge in [-0.05, 0) is 59.7 Å². The normalized spacial score (nSPS) is 12.9. The molecule has 0 aliphatic carbocycles. The summed E-state index contributed by atoms with van der Waals surface area (Å²) in [5.41, 5.74) is 11.5. The average Bonchev–Trinajstić information content (AvgIpc) is 3.97. The molecule has 0 atom stereocenters. The molecule has 1 aliphatic rings. The minimum Gasteiger partial charge on any atom is -0.324 e. The molecule has 68 heavy (non-hydrogen) atoms. The number of hydrogen-bond acceptors (Lipinski definition) is 7. The van der Waals surface area contributed by atoms with Crippen molar-refractivity contribution in [3.05, 3.63) is 241 Å². The molecule has 13 rings (SSSR count). The van der Waals surface area contributed by atoms with Gasteiger partial charge < -0.3 is 9.88 Å². The third-order valence-corrected chi connectivity index (χ3v) is 13.8. The molecular weight excluding hydrogens is 851 g/mol. The van der Waals surface area contributed by atoms with Gasteiger partial charge in [-0.2, -0.15) is 0 Å². The van der Waals surface area contributed by atoms with Crippen LogP contribution < -0.4 is 5.32 Å². The van der Waals surface area contributed by atoms with E-state index in [1.807, 2.05) is 108 Å². The van der Waals surface area contributed by atoms with Gasteiger partial charge in [0.2, 0.25) is 0 Å². The third-order valence-electron chi connectivity index (χ3n) is 12.7. The standard InChI is InChI=1S/C60H39N7S/c1-5-17-38(18-6-1)55-61-56(39-19-7-2-8-20-39)64-59(63-55)44-25-15-26-45(35-44)67-50-29-14-13-27-46(50)48-36-42(31-33-51(48)67)43-32-34-52-49(37-43)54-47(28-16-30-53(54)68-52)60-65-57(40-21-9-3-10-22-40)62-58(66-60)41-23-11-4-12-24-41/h1-37,60H,(H,62,65,66). The minimum absolute atomic E-state index is 0.435. The summed E-state index contributed by atoms with van der Waals surface area (Å²) >= 11 is 1.81. The van der Waals surface area contributed by atoms with Crippen molar-refractivity contribution in [2.24, 2.45) is 9.98 Å². The molecule has 8 heteroatoms. The molecule has 12 aromatic rings. The molecule has 320 valence electrons. The maximum atomic E-state index is 5.27. The van der Waals surface area contributed by atoms with E-state index >= 15 is 0 Å². The number of rotatable bonds is 8. The number of nitrogens with zero attached hydrogens (tertiary/aromatic N) is 6. The third kappa shape index (κ3) is 7.03. The molecule has 0 unspecified atom stereocenters. The Bertz CT molecular complexity index is 3820. The Morgan fingerprint density at radius 2 is 0.882 bits per heavy atom. The number of nitrogens with one attached hydrogen (secondary N) is 1. The number of thiophene rings is 1. The van der Waals surface area contributed by atoms with Gasteiger partial charge in [0, 0.05) is 70.0 Å². The number of para-hydroxylation sites is 1. The first-order chi connectivity index (χ1) is 33.7. The first-order valence-corrected chi connectivity index (χ1v) is 23.5. The molecule has 0 spiro atoms. The minimum atomic E-state index is -0.435. The smallest absolute Gasteiger partial charge is 0.170 e. The molecule has 7 nitrogen and oxygen atoms in total. The predicted molar refractivity (Wildman–Crippen MR) is 281 cm³/mol. The Balaban J connectivity index is 0.917. The van der Waals surface area contributed by atoms with Crippen LogP contribution in [-0.2, 0) is 0 Å². The molecule has 0 saturated heterocycles. The SMILES string of the molecule is c1ccc(C2=NC(c3cccc4sc5ccc(-c6ccc7c(c6)c6ccccc6n7-c6cccc(-c7nc(-c8ccccc8)nc(-c8ccccc8)n7)c6)cc5c34)N=C(c3ccccc3)N2)cc1. The van der Waals surface area contributed by atoms with E-state index in [1.165, 1.54) is 30.9 Å². The van der Waals surface area contributed by atoms with Crippen molar-refractivity contribution >= 4 is 65.0 Å². The quantitative estimate of drug-likeness (QED) is 0.165. The van der Waals surface area contributed by atoms with Gasteiger partial charge in [-0.15, -0.1) is 11.3 Å². The van der Waals surface area contributed by atoms with Crippen LogP contribution in [0.2, 0.25) is 0 Å². The fourth-order valence-electron chi connectivity index (χ4n) is 9.48. The molecular formula is C60H39N7S. The number of amidine groups is 2. The van der Waals surface area contributed by atoms with E-state index in [1.54, 1.807) is 0 Å². The van der Waals surface area contributed by atoms with E-state index in [0.29, 0.717) is 17.5 Å². The van der Waals surface area contributed by atoms with E-state index in [9.17, 15) is 0 Å². The largest absolute Gasteiger partial charge is 0.324 e. The molecule has 1 aliphatic heterocycles. The zero-order valence-corrected chi connectivity index (χ0v) is 37.3. The van der Waals surface area contributed by atoms with Crippen LogP contribution in [0.4, 0.5) is 0 Å². The Morgan fingerprint density at radius 1 is 0.368 bits per heavy atom. The van der Waals surface area contributed by atoms with Gasteiger partial charge in [0.1, 0.15) is 11.7 Å². The average molecular weight is 890 g/mol. The topological polar surface area (TPSA) is 80.3 Å². The Kier molecular flexibility index (Phi) is 9.61.